The number of anilines is 3. The number of hydrogen-bond acceptors (Lipinski definition) is 6. The number of piperidine rings is 1. The van der Waals surface area contributed by atoms with Gasteiger partial charge < -0.3 is 20.6 Å². The van der Waals surface area contributed by atoms with Crippen molar-refractivity contribution in [2.45, 2.75) is 32.2 Å². The number of aryl methyl sites for hydroxylation is 1. The Balaban J connectivity index is 1.49. The van der Waals surface area contributed by atoms with Gasteiger partial charge in [0, 0.05) is 30.7 Å². The van der Waals surface area contributed by atoms with Crippen LogP contribution in [0.25, 0.3) is 22.0 Å². The van der Waals surface area contributed by atoms with Gasteiger partial charge in [-0.3, -0.25) is 4.98 Å². The first kappa shape index (κ1) is 24.3. The molecular weight excluding hydrogens is 477 g/mol. The third-order valence-corrected chi connectivity index (χ3v) is 7.14. The van der Waals surface area contributed by atoms with E-state index in [4.69, 9.17) is 16.6 Å². The Hall–Kier alpha value is -3.42. The SMILES string of the molecule is CCc1cnc2ccc(-c3cc(F)c(O)c(Cl)c3)cc2c1Nc1ccc(N2CCCC(NC)C2)nc1. The number of aromatic hydroxyl groups is 1. The van der Waals surface area contributed by atoms with E-state index >= 15 is 0 Å². The Morgan fingerprint density at radius 2 is 1.97 bits per heavy atom. The highest BCUT2D eigenvalue weighted by Gasteiger charge is 2.19. The molecule has 0 bridgehead atoms. The lowest BCUT2D eigenvalue weighted by Gasteiger charge is -2.33. The van der Waals surface area contributed by atoms with Crippen LogP contribution in [0, 0.1) is 5.82 Å². The number of nitrogens with one attached hydrogen (secondary N) is 2. The first-order valence-electron chi connectivity index (χ1n) is 12.2. The summed E-state index contributed by atoms with van der Waals surface area (Å²) in [4.78, 5) is 11.7. The maximum atomic E-state index is 14.2. The summed E-state index contributed by atoms with van der Waals surface area (Å²) in [5.74, 6) is -0.318. The number of halogens is 2. The number of hydrogen-bond donors (Lipinski definition) is 3. The van der Waals surface area contributed by atoms with Gasteiger partial charge in [-0.05, 0) is 79.4 Å². The average molecular weight is 506 g/mol. The summed E-state index contributed by atoms with van der Waals surface area (Å²) in [6.45, 7) is 4.05. The van der Waals surface area contributed by atoms with Gasteiger partial charge in [0.05, 0.1) is 28.1 Å². The van der Waals surface area contributed by atoms with Gasteiger partial charge in [-0.1, -0.05) is 24.6 Å². The lowest BCUT2D eigenvalue weighted by Crippen LogP contribution is -2.44. The lowest BCUT2D eigenvalue weighted by atomic mass is 10.00. The molecule has 1 atom stereocenters. The predicted molar refractivity (Wildman–Crippen MR) is 145 cm³/mol. The van der Waals surface area contributed by atoms with E-state index in [-0.39, 0.29) is 5.02 Å². The molecule has 186 valence electrons. The Morgan fingerprint density at radius 3 is 2.69 bits per heavy atom. The van der Waals surface area contributed by atoms with E-state index in [1.165, 1.54) is 12.5 Å². The first-order chi connectivity index (χ1) is 17.5. The van der Waals surface area contributed by atoms with Crippen molar-refractivity contribution in [3.8, 4) is 16.9 Å². The van der Waals surface area contributed by atoms with Crippen LogP contribution >= 0.6 is 11.6 Å². The molecule has 0 radical (unpaired) electrons. The van der Waals surface area contributed by atoms with Crippen LogP contribution in [0.2, 0.25) is 5.02 Å². The third kappa shape index (κ3) is 4.81. The van der Waals surface area contributed by atoms with Crippen molar-refractivity contribution in [3.05, 3.63) is 71.3 Å². The van der Waals surface area contributed by atoms with Crippen molar-refractivity contribution in [1.29, 1.82) is 0 Å². The number of likely N-dealkylation sites (N-methyl/N-ethyl adjacent to an activating group) is 1. The standard InChI is InChI=1S/C28H29ClFN5O/c1-3-17-14-32-25-8-6-18(19-12-23(29)28(36)24(30)13-19)11-22(25)27(17)34-20-7-9-26(33-15-20)35-10-4-5-21(16-35)31-2/h6-9,11-15,21,31,36H,3-5,10,16H2,1-2H3,(H,32,34). The Morgan fingerprint density at radius 1 is 1.11 bits per heavy atom. The van der Waals surface area contributed by atoms with E-state index in [0.29, 0.717) is 11.6 Å². The smallest absolute Gasteiger partial charge is 0.170 e. The molecule has 0 amide bonds. The maximum Gasteiger partial charge on any atom is 0.170 e. The molecule has 6 nitrogen and oxygen atoms in total. The summed E-state index contributed by atoms with van der Waals surface area (Å²) >= 11 is 6.03. The van der Waals surface area contributed by atoms with E-state index < -0.39 is 11.6 Å². The minimum Gasteiger partial charge on any atom is -0.504 e. The Bertz CT molecular complexity index is 1370. The average Bonchev–Trinajstić information content (AvgIpc) is 2.91. The van der Waals surface area contributed by atoms with E-state index in [2.05, 4.69) is 39.6 Å². The van der Waals surface area contributed by atoms with Crippen molar-refractivity contribution in [1.82, 2.24) is 15.3 Å². The molecule has 1 fully saturated rings. The van der Waals surface area contributed by atoms with Gasteiger partial charge in [0.15, 0.2) is 11.6 Å². The predicted octanol–water partition coefficient (Wildman–Crippen LogP) is 6.29. The molecule has 1 saturated heterocycles. The van der Waals surface area contributed by atoms with Gasteiger partial charge in [0.25, 0.3) is 0 Å². The number of pyridine rings is 2. The number of nitrogens with zero attached hydrogens (tertiary/aromatic N) is 3. The molecule has 0 spiro atoms. The Labute approximate surface area is 215 Å². The molecule has 1 aliphatic rings. The molecule has 3 heterocycles. The van der Waals surface area contributed by atoms with Crippen molar-refractivity contribution in [2.24, 2.45) is 0 Å². The van der Waals surface area contributed by atoms with Crippen LogP contribution in [0.5, 0.6) is 5.75 Å². The van der Waals surface area contributed by atoms with E-state index in [9.17, 15) is 9.50 Å². The second-order valence-corrected chi connectivity index (χ2v) is 9.54. The molecule has 1 unspecified atom stereocenters. The zero-order chi connectivity index (χ0) is 25.2. The van der Waals surface area contributed by atoms with E-state index in [0.717, 1.165) is 65.2 Å². The molecule has 2 aromatic heterocycles. The summed E-state index contributed by atoms with van der Waals surface area (Å²) in [6, 6.07) is 13.2. The van der Waals surface area contributed by atoms with Crippen molar-refractivity contribution < 1.29 is 9.50 Å². The molecule has 2 aromatic carbocycles. The summed E-state index contributed by atoms with van der Waals surface area (Å²) in [6.07, 6.45) is 6.87. The first-order valence-corrected chi connectivity index (χ1v) is 12.6. The van der Waals surface area contributed by atoms with Crippen molar-refractivity contribution in [2.75, 3.05) is 30.4 Å². The van der Waals surface area contributed by atoms with Gasteiger partial charge in [0.1, 0.15) is 5.82 Å². The zero-order valence-electron chi connectivity index (χ0n) is 20.4. The number of benzene rings is 2. The van der Waals surface area contributed by atoms with Gasteiger partial charge >= 0.3 is 0 Å². The fraction of sp³-hybridized carbons (Fsp3) is 0.286. The third-order valence-electron chi connectivity index (χ3n) is 6.85. The van der Waals surface area contributed by atoms with Crippen molar-refractivity contribution >= 4 is 39.7 Å². The van der Waals surface area contributed by atoms with Crippen LogP contribution in [-0.2, 0) is 6.42 Å². The highest BCUT2D eigenvalue weighted by atomic mass is 35.5. The number of phenols is 1. The second-order valence-electron chi connectivity index (χ2n) is 9.14. The summed E-state index contributed by atoms with van der Waals surface area (Å²) in [7, 11) is 2.01. The largest absolute Gasteiger partial charge is 0.504 e. The molecule has 8 heteroatoms. The van der Waals surface area contributed by atoms with E-state index in [1.807, 2.05) is 37.6 Å². The van der Waals surface area contributed by atoms with Crippen molar-refractivity contribution in [3.63, 3.8) is 0 Å². The van der Waals surface area contributed by atoms with Gasteiger partial charge in [-0.15, -0.1) is 0 Å². The molecule has 36 heavy (non-hydrogen) atoms. The number of fused-ring (bicyclic) bond motifs is 1. The number of rotatable bonds is 6. The molecule has 5 rings (SSSR count). The molecular formula is C28H29ClFN5O. The fourth-order valence-electron chi connectivity index (χ4n) is 4.77. The molecule has 3 N–H and O–H groups in total. The van der Waals surface area contributed by atoms with Crippen LogP contribution in [0.15, 0.2) is 54.9 Å². The van der Waals surface area contributed by atoms with Crippen LogP contribution in [0.3, 0.4) is 0 Å². The fourth-order valence-corrected chi connectivity index (χ4v) is 4.98. The lowest BCUT2D eigenvalue weighted by molar-refractivity contribution is 0.433. The summed E-state index contributed by atoms with van der Waals surface area (Å²) < 4.78 is 14.2. The molecule has 0 aliphatic carbocycles. The highest BCUT2D eigenvalue weighted by molar-refractivity contribution is 6.32. The highest BCUT2D eigenvalue weighted by Crippen LogP contribution is 2.36. The minimum absolute atomic E-state index is 0.0233. The van der Waals surface area contributed by atoms with Gasteiger partial charge in [-0.25, -0.2) is 9.37 Å². The van der Waals surface area contributed by atoms with Crippen LogP contribution in [0.1, 0.15) is 25.3 Å². The van der Waals surface area contributed by atoms with Crippen LogP contribution < -0.4 is 15.5 Å². The minimum atomic E-state index is -0.753. The zero-order valence-corrected chi connectivity index (χ0v) is 21.1. The Kier molecular flexibility index (Phi) is 6.94. The molecule has 4 aromatic rings. The number of aromatic nitrogens is 2. The summed E-state index contributed by atoms with van der Waals surface area (Å²) in [5, 5.41) is 17.5. The van der Waals surface area contributed by atoms with Crippen LogP contribution in [-0.4, -0.2) is 41.3 Å². The van der Waals surface area contributed by atoms with Gasteiger partial charge in [-0.2, -0.15) is 0 Å². The number of phenolic OH excluding ortho intramolecular Hbond substituents is 1. The second kappa shape index (κ2) is 10.3. The molecule has 0 saturated carbocycles. The maximum absolute atomic E-state index is 14.2. The quantitative estimate of drug-likeness (QED) is 0.286. The van der Waals surface area contributed by atoms with Crippen LogP contribution in [0.4, 0.5) is 21.6 Å². The van der Waals surface area contributed by atoms with E-state index in [1.54, 1.807) is 6.07 Å². The normalized spacial score (nSPS) is 15.9. The van der Waals surface area contributed by atoms with Gasteiger partial charge in [0.2, 0.25) is 0 Å². The summed E-state index contributed by atoms with van der Waals surface area (Å²) in [5.41, 5.74) is 5.06. The monoisotopic (exact) mass is 505 g/mol. The topological polar surface area (TPSA) is 73.3 Å². The molecule has 1 aliphatic heterocycles.